The Morgan fingerprint density at radius 3 is 2.70 bits per heavy atom. The number of likely N-dealkylation sites (tertiary alicyclic amines) is 1. The Morgan fingerprint density at radius 2 is 2.10 bits per heavy atom. The number of rotatable bonds is 3. The monoisotopic (exact) mass is 279 g/mol. The van der Waals surface area contributed by atoms with Crippen LogP contribution in [-0.4, -0.2) is 36.5 Å². The van der Waals surface area contributed by atoms with E-state index in [9.17, 15) is 13.6 Å². The van der Waals surface area contributed by atoms with Crippen LogP contribution in [0.1, 0.15) is 23.2 Å². The molecule has 4 nitrogen and oxygen atoms in total. The number of carbonyl (C=O) groups is 1. The summed E-state index contributed by atoms with van der Waals surface area (Å²) in [4.78, 5) is 13.9. The van der Waals surface area contributed by atoms with Crippen LogP contribution in [-0.2, 0) is 0 Å². The molecular weight excluding hydrogens is 264 g/mol. The molecule has 0 aliphatic carbocycles. The van der Waals surface area contributed by atoms with Gasteiger partial charge < -0.3 is 5.32 Å². The highest BCUT2D eigenvalue weighted by molar-refractivity contribution is 5.94. The molecule has 1 aromatic carbocycles. The first-order valence-electron chi connectivity index (χ1n) is 6.45. The van der Waals surface area contributed by atoms with Crippen molar-refractivity contribution in [2.75, 3.05) is 19.6 Å². The molecule has 1 fully saturated rings. The van der Waals surface area contributed by atoms with Crippen LogP contribution >= 0.6 is 0 Å². The molecule has 1 amide bonds. The summed E-state index contributed by atoms with van der Waals surface area (Å²) in [5.74, 6) is -2.09. The van der Waals surface area contributed by atoms with E-state index in [0.29, 0.717) is 12.6 Å². The molecule has 1 saturated heterocycles. The fourth-order valence-electron chi connectivity index (χ4n) is 2.27. The van der Waals surface area contributed by atoms with Gasteiger partial charge in [0.05, 0.1) is 18.2 Å². The Bertz CT molecular complexity index is 534. The Hall–Kier alpha value is -2.00. The number of nitriles is 1. The Kier molecular flexibility index (Phi) is 4.64. The lowest BCUT2D eigenvalue weighted by Gasteiger charge is -2.30. The number of hydrogen-bond acceptors (Lipinski definition) is 3. The minimum atomic E-state index is -0.857. The van der Waals surface area contributed by atoms with Gasteiger partial charge in [-0.05, 0) is 25.0 Å². The van der Waals surface area contributed by atoms with Gasteiger partial charge >= 0.3 is 0 Å². The zero-order valence-electron chi connectivity index (χ0n) is 10.9. The van der Waals surface area contributed by atoms with Gasteiger partial charge in [0, 0.05) is 25.2 Å². The second kappa shape index (κ2) is 6.44. The number of halogens is 2. The molecule has 0 atom stereocenters. The zero-order chi connectivity index (χ0) is 14.5. The van der Waals surface area contributed by atoms with Gasteiger partial charge in [0.25, 0.3) is 5.91 Å². The molecule has 0 saturated carbocycles. The molecule has 1 aromatic rings. The molecule has 0 spiro atoms. The molecule has 0 radical (unpaired) electrons. The second-order valence-corrected chi connectivity index (χ2v) is 4.81. The fourth-order valence-corrected chi connectivity index (χ4v) is 2.27. The third kappa shape index (κ3) is 3.52. The summed E-state index contributed by atoms with van der Waals surface area (Å²) in [5.41, 5.74) is -0.147. The number of hydrogen-bond donors (Lipinski definition) is 1. The average molecular weight is 279 g/mol. The van der Waals surface area contributed by atoms with Crippen LogP contribution in [0.15, 0.2) is 18.2 Å². The minimum absolute atomic E-state index is 0.0399. The zero-order valence-corrected chi connectivity index (χ0v) is 10.9. The number of nitrogens with one attached hydrogen (secondary N) is 1. The first kappa shape index (κ1) is 14.4. The van der Waals surface area contributed by atoms with E-state index < -0.39 is 17.5 Å². The first-order valence-corrected chi connectivity index (χ1v) is 6.45. The number of nitrogens with zero attached hydrogens (tertiary/aromatic N) is 2. The van der Waals surface area contributed by atoms with Crippen molar-refractivity contribution in [1.82, 2.24) is 10.2 Å². The fraction of sp³-hybridized carbons (Fsp3) is 0.429. The van der Waals surface area contributed by atoms with Crippen LogP contribution in [0.2, 0.25) is 0 Å². The van der Waals surface area contributed by atoms with Crippen molar-refractivity contribution in [2.45, 2.75) is 18.9 Å². The van der Waals surface area contributed by atoms with Crippen LogP contribution in [0, 0.1) is 23.0 Å². The third-order valence-electron chi connectivity index (χ3n) is 3.39. The van der Waals surface area contributed by atoms with Crippen LogP contribution in [0.4, 0.5) is 8.78 Å². The molecular formula is C14H15F2N3O. The average Bonchev–Trinajstić information content (AvgIpc) is 2.41. The summed E-state index contributed by atoms with van der Waals surface area (Å²) in [6, 6.07) is 4.95. The summed E-state index contributed by atoms with van der Waals surface area (Å²) >= 11 is 0. The highest BCUT2D eigenvalue weighted by atomic mass is 19.1. The second-order valence-electron chi connectivity index (χ2n) is 4.81. The molecule has 0 unspecified atom stereocenters. The molecule has 1 aliphatic rings. The van der Waals surface area contributed by atoms with Crippen LogP contribution in [0.5, 0.6) is 0 Å². The summed E-state index contributed by atoms with van der Waals surface area (Å²) in [6.07, 6.45) is 1.44. The van der Waals surface area contributed by atoms with Gasteiger partial charge in [-0.25, -0.2) is 8.78 Å². The van der Waals surface area contributed by atoms with Gasteiger partial charge in [0.1, 0.15) is 11.6 Å². The van der Waals surface area contributed by atoms with Crippen molar-refractivity contribution in [3.8, 4) is 6.07 Å². The van der Waals surface area contributed by atoms with E-state index in [4.69, 9.17) is 5.26 Å². The number of amides is 1. The molecule has 20 heavy (non-hydrogen) atoms. The third-order valence-corrected chi connectivity index (χ3v) is 3.39. The van der Waals surface area contributed by atoms with Crippen molar-refractivity contribution in [3.63, 3.8) is 0 Å². The predicted molar refractivity (Wildman–Crippen MR) is 68.9 cm³/mol. The number of piperidine rings is 1. The van der Waals surface area contributed by atoms with Gasteiger partial charge in [-0.2, -0.15) is 5.26 Å². The van der Waals surface area contributed by atoms with Crippen molar-refractivity contribution in [1.29, 1.82) is 5.26 Å². The van der Waals surface area contributed by atoms with E-state index in [1.165, 1.54) is 0 Å². The quantitative estimate of drug-likeness (QED) is 0.856. The lowest BCUT2D eigenvalue weighted by atomic mass is 10.0. The van der Waals surface area contributed by atoms with Crippen LogP contribution < -0.4 is 5.32 Å². The Balaban J connectivity index is 1.91. The summed E-state index contributed by atoms with van der Waals surface area (Å²) in [5, 5.41) is 11.3. The van der Waals surface area contributed by atoms with Gasteiger partial charge in [-0.1, -0.05) is 0 Å². The van der Waals surface area contributed by atoms with E-state index in [1.54, 1.807) is 0 Å². The number of carbonyl (C=O) groups excluding carboxylic acids is 1. The summed E-state index contributed by atoms with van der Waals surface area (Å²) < 4.78 is 26.3. The highest BCUT2D eigenvalue weighted by Crippen LogP contribution is 2.13. The van der Waals surface area contributed by atoms with Crippen LogP contribution in [0.3, 0.4) is 0 Å². The molecule has 1 heterocycles. The van der Waals surface area contributed by atoms with E-state index in [0.717, 1.165) is 38.1 Å². The Morgan fingerprint density at radius 1 is 1.40 bits per heavy atom. The van der Waals surface area contributed by atoms with E-state index in [1.807, 2.05) is 4.90 Å². The lowest BCUT2D eigenvalue weighted by Crippen LogP contribution is -2.44. The van der Waals surface area contributed by atoms with Gasteiger partial charge in [0.2, 0.25) is 0 Å². The van der Waals surface area contributed by atoms with Gasteiger partial charge in [-0.3, -0.25) is 9.69 Å². The summed E-state index contributed by atoms with van der Waals surface area (Å²) in [7, 11) is 0. The van der Waals surface area contributed by atoms with Crippen molar-refractivity contribution in [3.05, 3.63) is 35.4 Å². The maximum atomic E-state index is 13.5. The summed E-state index contributed by atoms with van der Waals surface area (Å²) in [6.45, 7) is 1.84. The van der Waals surface area contributed by atoms with E-state index in [-0.39, 0.29) is 11.6 Å². The largest absolute Gasteiger partial charge is 0.349 e. The van der Waals surface area contributed by atoms with Crippen LogP contribution in [0.25, 0.3) is 0 Å². The van der Waals surface area contributed by atoms with Crippen molar-refractivity contribution < 1.29 is 13.6 Å². The van der Waals surface area contributed by atoms with Crippen molar-refractivity contribution >= 4 is 5.91 Å². The Labute approximate surface area is 116 Å². The SMILES string of the molecule is N#CCN1CCC(NC(=O)c2ccc(F)cc2F)CC1. The topological polar surface area (TPSA) is 56.1 Å². The van der Waals surface area contributed by atoms with Crippen molar-refractivity contribution in [2.24, 2.45) is 0 Å². The van der Waals surface area contributed by atoms with Gasteiger partial charge in [-0.15, -0.1) is 0 Å². The first-order chi connectivity index (χ1) is 9.60. The smallest absolute Gasteiger partial charge is 0.254 e. The molecule has 1 aliphatic heterocycles. The molecule has 0 aromatic heterocycles. The predicted octanol–water partition coefficient (Wildman–Crippen LogP) is 1.68. The molecule has 2 rings (SSSR count). The van der Waals surface area contributed by atoms with E-state index in [2.05, 4.69) is 11.4 Å². The molecule has 1 N–H and O–H groups in total. The normalized spacial score (nSPS) is 16.6. The minimum Gasteiger partial charge on any atom is -0.349 e. The highest BCUT2D eigenvalue weighted by Gasteiger charge is 2.22. The molecule has 0 bridgehead atoms. The van der Waals surface area contributed by atoms with Gasteiger partial charge in [0.15, 0.2) is 0 Å². The van der Waals surface area contributed by atoms with E-state index >= 15 is 0 Å². The lowest BCUT2D eigenvalue weighted by molar-refractivity contribution is 0.0910. The number of benzene rings is 1. The maximum Gasteiger partial charge on any atom is 0.254 e. The maximum absolute atomic E-state index is 13.5. The molecule has 106 valence electrons. The standard InChI is InChI=1S/C14H15F2N3O/c15-10-1-2-12(13(16)9-10)14(20)18-11-3-6-19(7-4-11)8-5-17/h1-2,9,11H,3-4,6-8H2,(H,18,20). The molecule has 6 heteroatoms.